The molecule has 0 bridgehead atoms. The molecule has 21 nitrogen and oxygen atoms in total. The molecule has 248 valence electrons. The molecule has 0 amide bonds. The number of carboxylic acids is 7. The molecule has 16 N–H and O–H groups in total. The molecule has 0 radical (unpaired) electrons. The predicted octanol–water partition coefficient (Wildman–Crippen LogP) is -3.51. The molecule has 0 aromatic carbocycles. The second kappa shape index (κ2) is 43.1. The summed E-state index contributed by atoms with van der Waals surface area (Å²) in [4.78, 5) is 63.0. The number of hydrazine groups is 1. The van der Waals surface area contributed by atoms with Crippen molar-refractivity contribution in [2.45, 2.75) is 72.8 Å². The minimum atomic E-state index is -1.48. The molecular weight excluding hydrogens is 570 g/mol. The topological polar surface area (TPSA) is 406 Å². The fourth-order valence-corrected chi connectivity index (χ4v) is 0.846. The smallest absolute Gasteiger partial charge is 0.300 e. The van der Waals surface area contributed by atoms with Crippen LogP contribution in [0.5, 0.6) is 0 Å². The average molecular weight is 616 g/mol. The summed E-state index contributed by atoms with van der Waals surface area (Å²) >= 11 is 0. The zero-order valence-corrected chi connectivity index (χ0v) is 23.7. The van der Waals surface area contributed by atoms with Crippen LogP contribution in [0.25, 0.3) is 0 Å². The van der Waals surface area contributed by atoms with E-state index in [2.05, 4.69) is 5.43 Å². The van der Waals surface area contributed by atoms with Gasteiger partial charge in [-0.25, -0.2) is 0 Å². The highest BCUT2D eigenvalue weighted by Crippen LogP contribution is 2.02. The van der Waals surface area contributed by atoms with Gasteiger partial charge in [0, 0.05) is 61.1 Å². The minimum absolute atomic E-state index is 0.0936. The van der Waals surface area contributed by atoms with Gasteiger partial charge in [0.25, 0.3) is 41.8 Å². The van der Waals surface area contributed by atoms with E-state index in [-0.39, 0.29) is 6.54 Å². The molecule has 41 heavy (non-hydrogen) atoms. The number of hydrogen-bond donors (Lipinski definition) is 14. The average Bonchev–Trinajstić information content (AvgIpc) is 2.69. The van der Waals surface area contributed by atoms with Gasteiger partial charge in [0.15, 0.2) is 0 Å². The highest BCUT2D eigenvalue weighted by atomic mass is 16.4. The van der Waals surface area contributed by atoms with E-state index in [4.69, 9.17) is 91.1 Å². The second-order valence-electron chi connectivity index (χ2n) is 6.44. The van der Waals surface area contributed by atoms with Crippen molar-refractivity contribution in [3.8, 4) is 0 Å². The monoisotopic (exact) mass is 615 g/mol. The van der Waals surface area contributed by atoms with Crippen LogP contribution in [-0.2, 0) is 33.6 Å². The second-order valence-corrected chi connectivity index (χ2v) is 6.44. The first-order valence-corrected chi connectivity index (χ1v) is 10.4. The molecule has 0 aliphatic rings. The number of aliphatic carboxylic acids is 7. The number of rotatable bonds is 6. The number of nitrogens with one attached hydrogen (secondary N) is 1. The number of carbonyl (C=O) groups is 7. The van der Waals surface area contributed by atoms with Crippen LogP contribution in [-0.4, -0.2) is 135 Å². The third-order valence-electron chi connectivity index (χ3n) is 1.72. The summed E-state index contributed by atoms with van der Waals surface area (Å²) in [5.74, 6) is -0.892. The maximum Gasteiger partial charge on any atom is 0.300 e. The van der Waals surface area contributed by atoms with Gasteiger partial charge in [-0.15, -0.1) is 0 Å². The van der Waals surface area contributed by atoms with Crippen molar-refractivity contribution in [2.24, 2.45) is 11.6 Å². The zero-order chi connectivity index (χ0) is 35.5. The SMILES string of the molecule is CC(=O)O.CC(=O)O.CC(=O)O.CC(=O)O.CC(=O)O.CC(=O)O.CC(=O)O.NNC[C@H](N)[C@@H](O)[C@H](O)[C@H](O)CO. The summed E-state index contributed by atoms with van der Waals surface area (Å²) < 4.78 is 0. The lowest BCUT2D eigenvalue weighted by Gasteiger charge is -2.25. The van der Waals surface area contributed by atoms with Gasteiger partial charge in [0.2, 0.25) is 0 Å². The summed E-state index contributed by atoms with van der Waals surface area (Å²) in [6.07, 6.45) is -4.22. The molecule has 0 rings (SSSR count). The fourth-order valence-electron chi connectivity index (χ4n) is 0.846. The number of hydrogen-bond acceptors (Lipinski definition) is 14. The number of carboxylic acid groups (broad SMARTS) is 7. The number of aliphatic hydroxyl groups is 4. The van der Waals surface area contributed by atoms with Gasteiger partial charge >= 0.3 is 0 Å². The summed E-state index contributed by atoms with van der Waals surface area (Å²) in [6.45, 7) is 7.04. The first kappa shape index (κ1) is 57.0. The Bertz CT molecular complexity index is 544. The summed E-state index contributed by atoms with van der Waals surface area (Å²) in [7, 11) is 0. The molecule has 0 saturated carbocycles. The Hall–Kier alpha value is -3.99. The van der Waals surface area contributed by atoms with Gasteiger partial charge in [-0.1, -0.05) is 0 Å². The van der Waals surface area contributed by atoms with E-state index in [0.717, 1.165) is 48.5 Å². The highest BCUT2D eigenvalue weighted by molar-refractivity contribution is 5.64. The standard InChI is InChI=1S/C6H17N3O4.7C2H4O2/c7-3(1-9-8)5(12)6(13)4(11)2-10;7*1-2(3)4/h3-6,9-13H,1-2,7-8H2;7*1H3,(H,3,4)/t3-,4+,5+,6+;;;;;;;/m0......./s1. The van der Waals surface area contributed by atoms with Gasteiger partial charge in [-0.3, -0.25) is 44.8 Å². The summed E-state index contributed by atoms with van der Waals surface area (Å²) in [6, 6.07) is -0.804. The van der Waals surface area contributed by atoms with Crippen LogP contribution in [0.1, 0.15) is 48.5 Å². The van der Waals surface area contributed by atoms with Crippen molar-refractivity contribution in [3.63, 3.8) is 0 Å². The van der Waals surface area contributed by atoms with Gasteiger partial charge in [0.1, 0.15) is 12.2 Å². The van der Waals surface area contributed by atoms with Gasteiger partial charge in [-0.05, 0) is 0 Å². The third kappa shape index (κ3) is 246. The molecular formula is C20H45N3O18. The Kier molecular flexibility index (Phi) is 59.9. The molecule has 0 aliphatic heterocycles. The lowest BCUT2D eigenvalue weighted by Crippen LogP contribution is -2.53. The normalized spacial score (nSPS) is 10.9. The molecule has 21 heteroatoms. The van der Waals surface area contributed by atoms with E-state index in [1.807, 2.05) is 0 Å². The van der Waals surface area contributed by atoms with E-state index in [9.17, 15) is 10.2 Å². The highest BCUT2D eigenvalue weighted by Gasteiger charge is 2.28. The zero-order valence-electron chi connectivity index (χ0n) is 23.7. The van der Waals surface area contributed by atoms with Gasteiger partial charge in [0.05, 0.1) is 12.7 Å². The summed E-state index contributed by atoms with van der Waals surface area (Å²) in [5, 5.41) is 87.8. The van der Waals surface area contributed by atoms with Gasteiger partial charge in [-0.2, -0.15) is 0 Å². The van der Waals surface area contributed by atoms with Crippen molar-refractivity contribution in [3.05, 3.63) is 0 Å². The van der Waals surface area contributed by atoms with Crippen molar-refractivity contribution in [1.82, 2.24) is 5.43 Å². The van der Waals surface area contributed by atoms with Crippen LogP contribution in [0.2, 0.25) is 0 Å². The van der Waals surface area contributed by atoms with E-state index >= 15 is 0 Å². The lowest BCUT2D eigenvalue weighted by atomic mass is 10.0. The molecule has 4 atom stereocenters. The Labute approximate surface area is 235 Å². The van der Waals surface area contributed by atoms with E-state index < -0.39 is 72.7 Å². The molecule has 0 spiro atoms. The quantitative estimate of drug-likeness (QED) is 0.102. The summed E-state index contributed by atoms with van der Waals surface area (Å²) in [5.41, 5.74) is 7.60. The van der Waals surface area contributed by atoms with E-state index in [1.165, 1.54) is 0 Å². The van der Waals surface area contributed by atoms with Crippen LogP contribution >= 0.6 is 0 Å². The van der Waals surface area contributed by atoms with Crippen LogP contribution < -0.4 is 17.0 Å². The van der Waals surface area contributed by atoms with E-state index in [1.54, 1.807) is 0 Å². The van der Waals surface area contributed by atoms with Crippen LogP contribution in [0.4, 0.5) is 0 Å². The number of nitrogens with two attached hydrogens (primary N) is 2. The van der Waals surface area contributed by atoms with Crippen LogP contribution in [0, 0.1) is 0 Å². The van der Waals surface area contributed by atoms with Crippen LogP contribution in [0.15, 0.2) is 0 Å². The number of aliphatic hydroxyl groups excluding tert-OH is 4. The molecule has 0 heterocycles. The Balaban J connectivity index is -0.0000000548. The van der Waals surface area contributed by atoms with Crippen molar-refractivity contribution in [1.29, 1.82) is 0 Å². The molecule has 0 unspecified atom stereocenters. The van der Waals surface area contributed by atoms with Gasteiger partial charge < -0.3 is 61.9 Å². The minimum Gasteiger partial charge on any atom is -0.481 e. The maximum absolute atomic E-state index is 9.28. The molecule has 0 aliphatic carbocycles. The first-order valence-electron chi connectivity index (χ1n) is 10.4. The van der Waals surface area contributed by atoms with E-state index in [0.29, 0.717) is 0 Å². The predicted molar refractivity (Wildman–Crippen MR) is 138 cm³/mol. The molecule has 0 fully saturated rings. The Morgan fingerprint density at radius 2 is 0.707 bits per heavy atom. The van der Waals surface area contributed by atoms with Crippen molar-refractivity contribution < 1.29 is 89.7 Å². The third-order valence-corrected chi connectivity index (χ3v) is 1.72. The molecule has 0 aromatic heterocycles. The first-order chi connectivity index (χ1) is 18.2. The Morgan fingerprint density at radius 3 is 0.829 bits per heavy atom. The Morgan fingerprint density at radius 1 is 0.537 bits per heavy atom. The largest absolute Gasteiger partial charge is 0.481 e. The lowest BCUT2D eigenvalue weighted by molar-refractivity contribution is -0.135. The van der Waals surface area contributed by atoms with Crippen LogP contribution in [0.3, 0.4) is 0 Å². The fraction of sp³-hybridized carbons (Fsp3) is 0.650. The molecule has 0 saturated heterocycles. The van der Waals surface area contributed by atoms with Crippen molar-refractivity contribution >= 4 is 41.8 Å². The maximum atomic E-state index is 9.28. The molecule has 0 aromatic rings. The van der Waals surface area contributed by atoms with Crippen molar-refractivity contribution in [2.75, 3.05) is 13.2 Å².